The van der Waals surface area contributed by atoms with Crippen LogP contribution < -0.4 is 19.1 Å². The number of carboxylic acid groups (broad SMARTS) is 3. The van der Waals surface area contributed by atoms with Gasteiger partial charge in [-0.1, -0.05) is 38.0 Å². The Balaban J connectivity index is 1.64. The second-order valence-electron chi connectivity index (χ2n) is 11.0. The van der Waals surface area contributed by atoms with Crippen molar-refractivity contribution in [2.24, 2.45) is 10.9 Å². The molecule has 46 heavy (non-hydrogen) atoms. The minimum absolute atomic E-state index is 0.00479. The summed E-state index contributed by atoms with van der Waals surface area (Å²) in [5, 5.41) is 39.5. The van der Waals surface area contributed by atoms with E-state index in [9.17, 15) is 39.6 Å². The number of unbranched alkanes of at least 4 members (excludes halogenated alkanes) is 1. The Hall–Kier alpha value is -4.90. The van der Waals surface area contributed by atoms with Gasteiger partial charge in [-0.2, -0.15) is 0 Å². The molecule has 0 bridgehead atoms. The maximum atomic E-state index is 13.9. The van der Waals surface area contributed by atoms with Crippen molar-refractivity contribution in [2.45, 2.75) is 46.1 Å². The van der Waals surface area contributed by atoms with Crippen molar-refractivity contribution < 1.29 is 53.8 Å². The minimum Gasteiger partial charge on any atom is -0.493 e. The monoisotopic (exact) mass is 674 g/mol. The number of fused-ring (bicyclic) bond motifs is 2. The number of aromatic nitrogens is 1. The number of rotatable bonds is 13. The molecule has 244 valence electrons. The Bertz CT molecular complexity index is 1770. The van der Waals surface area contributed by atoms with Gasteiger partial charge in [0, 0.05) is 18.2 Å². The number of aliphatic imine (C=N–C) groups is 1. The molecular formula is C29H30N4O11S2. The van der Waals surface area contributed by atoms with E-state index in [1.54, 1.807) is 12.1 Å². The summed E-state index contributed by atoms with van der Waals surface area (Å²) in [5.41, 5.74) is 0.604. The highest BCUT2D eigenvalue weighted by Crippen LogP contribution is 2.48. The van der Waals surface area contributed by atoms with Crippen LogP contribution in [0.15, 0.2) is 40.4 Å². The van der Waals surface area contributed by atoms with Gasteiger partial charge in [-0.3, -0.25) is 33.5 Å². The highest BCUT2D eigenvalue weighted by molar-refractivity contribution is 7.73. The molecule has 17 heteroatoms. The molecule has 0 saturated carbocycles. The van der Waals surface area contributed by atoms with Gasteiger partial charge in [0.15, 0.2) is 27.0 Å². The maximum Gasteiger partial charge on any atom is 0.323 e. The number of hydrogen-bond acceptors (Lipinski definition) is 12. The average Bonchev–Trinajstić information content (AvgIpc) is 3.71. The number of aromatic hydroxyl groups is 1. The quantitative estimate of drug-likeness (QED) is 0.136. The van der Waals surface area contributed by atoms with E-state index in [4.69, 9.17) is 26.4 Å². The van der Waals surface area contributed by atoms with Crippen LogP contribution in [-0.2, 0) is 25.7 Å². The smallest absolute Gasteiger partial charge is 0.323 e. The van der Waals surface area contributed by atoms with Gasteiger partial charge in [-0.05, 0) is 36.6 Å². The summed E-state index contributed by atoms with van der Waals surface area (Å²) in [4.78, 5) is 55.6. The number of thiazole rings is 1. The van der Waals surface area contributed by atoms with Gasteiger partial charge < -0.3 is 34.6 Å². The van der Waals surface area contributed by atoms with E-state index in [1.807, 2.05) is 0 Å². The molecule has 15 nitrogen and oxygen atoms in total. The first-order valence-corrected chi connectivity index (χ1v) is 15.4. The Morgan fingerprint density at radius 3 is 2.30 bits per heavy atom. The molecule has 2 aromatic rings. The van der Waals surface area contributed by atoms with E-state index in [0.29, 0.717) is 47.3 Å². The first-order valence-electron chi connectivity index (χ1n) is 14.2. The lowest BCUT2D eigenvalue weighted by molar-refractivity contribution is -0.140. The van der Waals surface area contributed by atoms with Gasteiger partial charge in [0.05, 0.1) is 5.69 Å². The average molecular weight is 675 g/mol. The number of anilines is 1. The van der Waals surface area contributed by atoms with Gasteiger partial charge in [0.1, 0.15) is 30.2 Å². The third kappa shape index (κ3) is 6.69. The Kier molecular flexibility index (Phi) is 9.34. The highest BCUT2D eigenvalue weighted by Gasteiger charge is 2.38. The summed E-state index contributed by atoms with van der Waals surface area (Å²) < 4.78 is 17.9. The maximum absolute atomic E-state index is 13.9. The van der Waals surface area contributed by atoms with Gasteiger partial charge in [0.2, 0.25) is 18.6 Å². The van der Waals surface area contributed by atoms with Crippen molar-refractivity contribution >= 4 is 58.9 Å². The highest BCUT2D eigenvalue weighted by atomic mass is 32.1. The van der Waals surface area contributed by atoms with Gasteiger partial charge >= 0.3 is 17.9 Å². The molecule has 0 unspecified atom stereocenters. The van der Waals surface area contributed by atoms with Gasteiger partial charge in [-0.15, -0.1) is 0 Å². The molecule has 0 fully saturated rings. The summed E-state index contributed by atoms with van der Waals surface area (Å²) in [6.07, 6.45) is 4.10. The Labute approximate surface area is 270 Å². The Morgan fingerprint density at radius 1 is 1.00 bits per heavy atom. The molecule has 4 heterocycles. The van der Waals surface area contributed by atoms with Crippen LogP contribution in [0, 0.1) is 9.87 Å². The van der Waals surface area contributed by atoms with Crippen LogP contribution in [0.5, 0.6) is 23.1 Å². The number of carbonyl (C=O) groups excluding carboxylic acids is 1. The van der Waals surface area contributed by atoms with Crippen LogP contribution in [0.4, 0.5) is 5.69 Å². The molecule has 0 radical (unpaired) electrons. The van der Waals surface area contributed by atoms with E-state index in [1.165, 1.54) is 11.0 Å². The molecule has 4 N–H and O–H groups in total. The normalized spacial score (nSPS) is 17.1. The second-order valence-corrected chi connectivity index (χ2v) is 12.6. The molecule has 0 saturated heterocycles. The lowest BCUT2D eigenvalue weighted by Gasteiger charge is -2.17. The molecule has 0 spiro atoms. The van der Waals surface area contributed by atoms with Crippen molar-refractivity contribution in [3.8, 4) is 23.1 Å². The van der Waals surface area contributed by atoms with Gasteiger partial charge in [-0.25, -0.2) is 4.99 Å². The first-order chi connectivity index (χ1) is 21.8. The van der Waals surface area contributed by atoms with Crippen LogP contribution in [0.2, 0.25) is 0 Å². The van der Waals surface area contributed by atoms with Crippen LogP contribution in [0.3, 0.4) is 0 Å². The molecular weight excluding hydrogens is 644 g/mol. The van der Waals surface area contributed by atoms with Crippen LogP contribution >= 0.6 is 23.6 Å². The summed E-state index contributed by atoms with van der Waals surface area (Å²) in [6.45, 7) is 2.21. The zero-order valence-corrected chi connectivity index (χ0v) is 26.4. The van der Waals surface area contributed by atoms with E-state index in [0.717, 1.165) is 33.6 Å². The standard InChI is InChI=1S/C29H30N4O11S2/c1-14(2)5-3-4-6-15(7-20-31(10-21(34)35)16-8-18-19(43-13-42-18)9-17(16)44-20)24-27(40)32(11-22(36)37)26(30-24)25-28(41)33(12-23(38)39)29(45)46-25/h7-9,14,41H,3-6,10-13H2,1-2H3,(H,34,35)(H,36,37)(H,38,39)/b20-7-,24-15+. The SMILES string of the molecule is CC(C)CCCCC(/C=C1\Oc2cc3c(cc2N1CC(=O)O)OCO3)=C1\N=C(c2sc(=S)n(CC(=O)O)c2O)N(CC(=O)O)C1=O. The van der Waals surface area contributed by atoms with E-state index in [-0.39, 0.29) is 33.0 Å². The van der Waals surface area contributed by atoms with Crippen LogP contribution in [-0.4, -0.2) is 79.4 Å². The fourth-order valence-electron chi connectivity index (χ4n) is 5.09. The summed E-state index contributed by atoms with van der Waals surface area (Å²) in [7, 11) is 0. The predicted octanol–water partition coefficient (Wildman–Crippen LogP) is 3.77. The third-order valence-electron chi connectivity index (χ3n) is 7.18. The third-order valence-corrected chi connectivity index (χ3v) is 8.61. The van der Waals surface area contributed by atoms with Gasteiger partial charge in [0.25, 0.3) is 5.91 Å². The van der Waals surface area contributed by atoms with Crippen molar-refractivity contribution in [1.29, 1.82) is 0 Å². The Morgan fingerprint density at radius 2 is 1.65 bits per heavy atom. The van der Waals surface area contributed by atoms with Crippen molar-refractivity contribution in [1.82, 2.24) is 9.47 Å². The zero-order valence-electron chi connectivity index (χ0n) is 24.7. The number of carboxylic acids is 3. The van der Waals surface area contributed by atoms with Crippen molar-refractivity contribution in [2.75, 3.05) is 24.8 Å². The molecule has 3 aliphatic heterocycles. The number of ether oxygens (including phenoxy) is 3. The summed E-state index contributed by atoms with van der Waals surface area (Å²) >= 11 is 6.01. The lowest BCUT2D eigenvalue weighted by Crippen LogP contribution is -2.37. The fraction of sp³-hybridized carbons (Fsp3) is 0.379. The molecule has 0 atom stereocenters. The van der Waals surface area contributed by atoms with E-state index >= 15 is 0 Å². The van der Waals surface area contributed by atoms with Crippen molar-refractivity contribution in [3.63, 3.8) is 0 Å². The van der Waals surface area contributed by atoms with E-state index in [2.05, 4.69) is 18.8 Å². The predicted molar refractivity (Wildman–Crippen MR) is 165 cm³/mol. The minimum atomic E-state index is -1.35. The zero-order chi connectivity index (χ0) is 33.3. The number of nitrogens with zero attached hydrogens (tertiary/aromatic N) is 4. The molecule has 1 aromatic heterocycles. The number of hydrogen-bond donors (Lipinski definition) is 4. The number of benzene rings is 1. The number of aliphatic carboxylic acids is 3. The molecule has 1 amide bonds. The lowest BCUT2D eigenvalue weighted by atomic mass is 10.0. The molecule has 0 aliphatic carbocycles. The number of amides is 1. The second kappa shape index (κ2) is 13.2. The summed E-state index contributed by atoms with van der Waals surface area (Å²) in [5.74, 6) is -3.70. The van der Waals surface area contributed by atoms with E-state index < -0.39 is 49.3 Å². The van der Waals surface area contributed by atoms with Crippen molar-refractivity contribution in [3.05, 3.63) is 44.2 Å². The number of amidine groups is 1. The topological polar surface area (TPSA) is 201 Å². The number of allylic oxidation sites excluding steroid dienone is 2. The van der Waals surface area contributed by atoms with Crippen LogP contribution in [0.1, 0.15) is 44.4 Å². The fourth-order valence-corrected chi connectivity index (χ4v) is 6.38. The molecule has 3 aliphatic rings. The molecule has 1 aromatic carbocycles. The first kappa shape index (κ1) is 32.5. The van der Waals surface area contributed by atoms with Crippen LogP contribution in [0.25, 0.3) is 0 Å². The summed E-state index contributed by atoms with van der Waals surface area (Å²) in [6, 6.07) is 3.17. The largest absolute Gasteiger partial charge is 0.493 e. The molecule has 5 rings (SSSR count). The number of carbonyl (C=O) groups is 4.